The summed E-state index contributed by atoms with van der Waals surface area (Å²) < 4.78 is 0. The molecule has 0 saturated carbocycles. The Morgan fingerprint density at radius 1 is 1.43 bits per heavy atom. The predicted molar refractivity (Wildman–Crippen MR) is 43.3 cm³/mol. The van der Waals surface area contributed by atoms with Crippen molar-refractivity contribution in [3.8, 4) is 0 Å². The molecule has 1 amide bonds. The molecule has 0 spiro atoms. The van der Waals surface area contributed by atoms with Crippen molar-refractivity contribution in [3.63, 3.8) is 0 Å². The number of nitrogens with one attached hydrogen (secondary N) is 1. The SMILES string of the molecule is O=CNc1cccc(C(=O)C(=O)[O-])n1. The molecule has 0 aliphatic heterocycles. The largest absolute Gasteiger partial charge is 0.541 e. The van der Waals surface area contributed by atoms with Crippen molar-refractivity contribution in [2.45, 2.75) is 0 Å². The molecule has 6 nitrogen and oxygen atoms in total. The summed E-state index contributed by atoms with van der Waals surface area (Å²) in [5, 5.41) is 12.4. The van der Waals surface area contributed by atoms with Crippen molar-refractivity contribution in [2.24, 2.45) is 0 Å². The van der Waals surface area contributed by atoms with E-state index in [4.69, 9.17) is 0 Å². The van der Waals surface area contributed by atoms with Crippen LogP contribution in [0.1, 0.15) is 10.5 Å². The van der Waals surface area contributed by atoms with Crippen molar-refractivity contribution >= 4 is 24.0 Å². The molecule has 0 aliphatic rings. The number of carbonyl (C=O) groups is 3. The number of pyridine rings is 1. The highest BCUT2D eigenvalue weighted by Gasteiger charge is 2.08. The van der Waals surface area contributed by atoms with Gasteiger partial charge < -0.3 is 15.2 Å². The molecule has 0 radical (unpaired) electrons. The number of nitrogens with zero attached hydrogens (tertiary/aromatic N) is 1. The zero-order chi connectivity index (χ0) is 10.6. The van der Waals surface area contributed by atoms with Gasteiger partial charge in [0.15, 0.2) is 0 Å². The van der Waals surface area contributed by atoms with Crippen LogP contribution in [0.3, 0.4) is 0 Å². The van der Waals surface area contributed by atoms with Crippen LogP contribution in [-0.2, 0) is 9.59 Å². The molecule has 0 fully saturated rings. The summed E-state index contributed by atoms with van der Waals surface area (Å²) in [6, 6.07) is 4.03. The normalized spacial score (nSPS) is 9.14. The molecule has 0 unspecified atom stereocenters. The monoisotopic (exact) mass is 193 g/mol. The second-order valence-corrected chi connectivity index (χ2v) is 2.29. The molecule has 0 saturated heterocycles. The molecule has 0 bridgehead atoms. The molecule has 0 atom stereocenters. The number of carbonyl (C=O) groups excluding carboxylic acids is 3. The molecular formula is C8H5N2O4-. The summed E-state index contributed by atoms with van der Waals surface area (Å²) in [6.07, 6.45) is 0.371. The number of aromatic nitrogens is 1. The Labute approximate surface area is 78.6 Å². The summed E-state index contributed by atoms with van der Waals surface area (Å²) in [7, 11) is 0. The van der Waals surface area contributed by atoms with Crippen LogP contribution < -0.4 is 10.4 Å². The third-order valence-corrected chi connectivity index (χ3v) is 1.37. The second kappa shape index (κ2) is 4.13. The van der Waals surface area contributed by atoms with Gasteiger partial charge in [-0.1, -0.05) is 6.07 Å². The van der Waals surface area contributed by atoms with Gasteiger partial charge in [0.05, 0.1) is 0 Å². The fourth-order valence-electron chi connectivity index (χ4n) is 0.806. The van der Waals surface area contributed by atoms with E-state index >= 15 is 0 Å². The van der Waals surface area contributed by atoms with Crippen molar-refractivity contribution in [2.75, 3.05) is 5.32 Å². The Bertz CT molecular complexity index is 389. The lowest BCUT2D eigenvalue weighted by Crippen LogP contribution is -2.32. The molecule has 1 N–H and O–H groups in total. The Hall–Kier alpha value is -2.24. The van der Waals surface area contributed by atoms with Crippen molar-refractivity contribution in [1.29, 1.82) is 0 Å². The molecule has 14 heavy (non-hydrogen) atoms. The summed E-state index contributed by atoms with van der Waals surface area (Å²) in [6.45, 7) is 0. The van der Waals surface area contributed by atoms with E-state index < -0.39 is 11.8 Å². The third-order valence-electron chi connectivity index (χ3n) is 1.37. The number of hydrogen-bond donors (Lipinski definition) is 1. The van der Waals surface area contributed by atoms with Crippen LogP contribution in [0, 0.1) is 0 Å². The molecule has 1 aromatic heterocycles. The van der Waals surface area contributed by atoms with Crippen molar-refractivity contribution < 1.29 is 19.5 Å². The number of aliphatic carboxylic acids is 1. The number of amides is 1. The smallest absolute Gasteiger partial charge is 0.226 e. The van der Waals surface area contributed by atoms with Crippen LogP contribution in [0.2, 0.25) is 0 Å². The van der Waals surface area contributed by atoms with Crippen molar-refractivity contribution in [1.82, 2.24) is 4.98 Å². The molecule has 1 rings (SSSR count). The van der Waals surface area contributed by atoms with E-state index in [9.17, 15) is 19.5 Å². The quantitative estimate of drug-likeness (QED) is 0.359. The standard InChI is InChI=1S/C8H6N2O4/c11-4-9-6-3-1-2-5(10-6)7(12)8(13)14/h1-4H,(H,13,14)(H,9,10,11)/p-1. The van der Waals surface area contributed by atoms with Crippen molar-refractivity contribution in [3.05, 3.63) is 23.9 Å². The van der Waals surface area contributed by atoms with Gasteiger partial charge in [-0.15, -0.1) is 0 Å². The summed E-state index contributed by atoms with van der Waals surface area (Å²) >= 11 is 0. The summed E-state index contributed by atoms with van der Waals surface area (Å²) in [5.41, 5.74) is -0.281. The van der Waals surface area contributed by atoms with E-state index in [1.54, 1.807) is 0 Å². The van der Waals surface area contributed by atoms with Crippen LogP contribution in [0.15, 0.2) is 18.2 Å². The number of anilines is 1. The number of carboxylic acids is 1. The van der Waals surface area contributed by atoms with Gasteiger partial charge in [0.25, 0.3) is 0 Å². The van der Waals surface area contributed by atoms with Gasteiger partial charge in [-0.25, -0.2) is 4.98 Å². The molecule has 0 aliphatic carbocycles. The molecule has 1 heterocycles. The lowest BCUT2D eigenvalue weighted by molar-refractivity contribution is -0.296. The van der Waals surface area contributed by atoms with E-state index in [0.717, 1.165) is 0 Å². The average Bonchev–Trinajstić information content (AvgIpc) is 2.17. The number of carboxylic acid groups (broad SMARTS) is 1. The first-order valence-electron chi connectivity index (χ1n) is 3.58. The van der Waals surface area contributed by atoms with Gasteiger partial charge in [0, 0.05) is 0 Å². The van der Waals surface area contributed by atoms with Gasteiger partial charge in [-0.2, -0.15) is 0 Å². The van der Waals surface area contributed by atoms with Crippen LogP contribution in [0.5, 0.6) is 0 Å². The zero-order valence-electron chi connectivity index (χ0n) is 6.89. The lowest BCUT2D eigenvalue weighted by atomic mass is 10.2. The molecule has 0 aromatic carbocycles. The fourth-order valence-corrected chi connectivity index (χ4v) is 0.806. The van der Waals surface area contributed by atoms with Gasteiger partial charge in [0.2, 0.25) is 12.2 Å². The topological polar surface area (TPSA) is 99.2 Å². The first-order valence-corrected chi connectivity index (χ1v) is 3.58. The average molecular weight is 193 g/mol. The Morgan fingerprint density at radius 2 is 2.14 bits per heavy atom. The first-order chi connectivity index (χ1) is 6.65. The lowest BCUT2D eigenvalue weighted by Gasteiger charge is -2.02. The fraction of sp³-hybridized carbons (Fsp3) is 0. The molecule has 1 aromatic rings. The maximum atomic E-state index is 10.9. The highest BCUT2D eigenvalue weighted by atomic mass is 16.4. The van der Waals surface area contributed by atoms with E-state index in [1.165, 1.54) is 18.2 Å². The maximum Gasteiger partial charge on any atom is 0.226 e. The Kier molecular flexibility index (Phi) is 2.90. The minimum Gasteiger partial charge on any atom is -0.541 e. The first kappa shape index (κ1) is 9.85. The molecule has 6 heteroatoms. The predicted octanol–water partition coefficient (Wildman–Crippen LogP) is -1.42. The third kappa shape index (κ3) is 2.13. The summed E-state index contributed by atoms with van der Waals surface area (Å²) in [5.74, 6) is -2.95. The zero-order valence-corrected chi connectivity index (χ0v) is 6.89. The van der Waals surface area contributed by atoms with Gasteiger partial charge in [-0.05, 0) is 12.1 Å². The van der Waals surface area contributed by atoms with Crippen LogP contribution >= 0.6 is 0 Å². The van der Waals surface area contributed by atoms with Crippen LogP contribution in [0.4, 0.5) is 5.82 Å². The molecular weight excluding hydrogens is 188 g/mol. The highest BCUT2D eigenvalue weighted by Crippen LogP contribution is 2.03. The van der Waals surface area contributed by atoms with Gasteiger partial charge >= 0.3 is 0 Å². The molecule has 72 valence electrons. The van der Waals surface area contributed by atoms with E-state index in [-0.39, 0.29) is 11.5 Å². The second-order valence-electron chi connectivity index (χ2n) is 2.29. The Balaban J connectivity index is 2.99. The number of hydrogen-bond acceptors (Lipinski definition) is 5. The maximum absolute atomic E-state index is 10.9. The van der Waals surface area contributed by atoms with Gasteiger partial charge in [-0.3, -0.25) is 9.59 Å². The Morgan fingerprint density at radius 3 is 2.71 bits per heavy atom. The number of Topliss-reactive ketones (excluding diaryl/α,β-unsaturated/α-hetero) is 1. The summed E-state index contributed by atoms with van der Waals surface area (Å²) in [4.78, 5) is 34.6. The van der Waals surface area contributed by atoms with E-state index in [1.807, 2.05) is 0 Å². The minimum absolute atomic E-state index is 0.104. The highest BCUT2D eigenvalue weighted by molar-refractivity contribution is 6.38. The van der Waals surface area contributed by atoms with Gasteiger partial charge in [0.1, 0.15) is 17.5 Å². The number of ketones is 1. The van der Waals surface area contributed by atoms with E-state index in [0.29, 0.717) is 6.41 Å². The number of rotatable bonds is 4. The van der Waals surface area contributed by atoms with Crippen LogP contribution in [0.25, 0.3) is 0 Å². The minimum atomic E-state index is -1.83. The van der Waals surface area contributed by atoms with E-state index in [2.05, 4.69) is 10.3 Å². The van der Waals surface area contributed by atoms with Crippen LogP contribution in [-0.4, -0.2) is 23.1 Å².